The molecule has 1 amide bonds. The van der Waals surface area contributed by atoms with Crippen LogP contribution < -0.4 is 5.32 Å². The fraction of sp³-hybridized carbons (Fsp3) is 0.643. The lowest BCUT2D eigenvalue weighted by atomic mass is 9.85. The van der Waals surface area contributed by atoms with Gasteiger partial charge in [-0.1, -0.05) is 6.92 Å². The lowest BCUT2D eigenvalue weighted by molar-refractivity contribution is -0.139. The van der Waals surface area contributed by atoms with Gasteiger partial charge in [0.25, 0.3) is 5.91 Å². The first-order chi connectivity index (χ1) is 9.90. The van der Waals surface area contributed by atoms with Crippen LogP contribution in [0.25, 0.3) is 0 Å². The van der Waals surface area contributed by atoms with Gasteiger partial charge in [0, 0.05) is 17.0 Å². The SMILES string of the molecule is CCN(CC(=O)O)C1CC(NC(=O)c2nc(C)sc2C)C1. The number of hydrogen-bond donors (Lipinski definition) is 2. The minimum atomic E-state index is -0.807. The summed E-state index contributed by atoms with van der Waals surface area (Å²) in [6.45, 7) is 6.51. The minimum absolute atomic E-state index is 0.0617. The third-order valence-electron chi connectivity index (χ3n) is 3.83. The van der Waals surface area contributed by atoms with Gasteiger partial charge in [-0.25, -0.2) is 4.98 Å². The van der Waals surface area contributed by atoms with Crippen molar-refractivity contribution in [2.75, 3.05) is 13.1 Å². The van der Waals surface area contributed by atoms with Crippen molar-refractivity contribution in [1.29, 1.82) is 0 Å². The van der Waals surface area contributed by atoms with Gasteiger partial charge in [-0.15, -0.1) is 11.3 Å². The molecule has 1 heterocycles. The van der Waals surface area contributed by atoms with Crippen molar-refractivity contribution in [1.82, 2.24) is 15.2 Å². The summed E-state index contributed by atoms with van der Waals surface area (Å²) >= 11 is 1.52. The van der Waals surface area contributed by atoms with Gasteiger partial charge in [-0.2, -0.15) is 0 Å². The predicted octanol–water partition coefficient (Wildman–Crippen LogP) is 1.43. The van der Waals surface area contributed by atoms with Crippen molar-refractivity contribution >= 4 is 23.2 Å². The number of carbonyl (C=O) groups is 2. The number of thiazole rings is 1. The van der Waals surface area contributed by atoms with Gasteiger partial charge in [0.1, 0.15) is 5.69 Å². The highest BCUT2D eigenvalue weighted by Gasteiger charge is 2.35. The van der Waals surface area contributed by atoms with Crippen molar-refractivity contribution in [2.24, 2.45) is 0 Å². The third-order valence-corrected chi connectivity index (χ3v) is 4.71. The molecule has 0 atom stereocenters. The number of carboxylic acids is 1. The van der Waals surface area contributed by atoms with Gasteiger partial charge in [0.15, 0.2) is 0 Å². The largest absolute Gasteiger partial charge is 0.480 e. The molecule has 1 saturated carbocycles. The summed E-state index contributed by atoms with van der Waals surface area (Å²) in [5, 5.41) is 12.7. The average molecular weight is 311 g/mol. The molecule has 0 bridgehead atoms. The van der Waals surface area contributed by atoms with Crippen molar-refractivity contribution in [3.05, 3.63) is 15.6 Å². The Morgan fingerprint density at radius 1 is 1.43 bits per heavy atom. The highest BCUT2D eigenvalue weighted by atomic mass is 32.1. The summed E-state index contributed by atoms with van der Waals surface area (Å²) in [6, 6.07) is 0.362. The van der Waals surface area contributed by atoms with Crippen LogP contribution in [0.3, 0.4) is 0 Å². The zero-order valence-electron chi connectivity index (χ0n) is 12.5. The maximum absolute atomic E-state index is 12.1. The number of nitrogens with one attached hydrogen (secondary N) is 1. The zero-order chi connectivity index (χ0) is 15.6. The molecule has 21 heavy (non-hydrogen) atoms. The van der Waals surface area contributed by atoms with Gasteiger partial charge in [0.05, 0.1) is 11.6 Å². The van der Waals surface area contributed by atoms with Crippen LogP contribution in [0, 0.1) is 13.8 Å². The molecule has 6 nitrogen and oxygen atoms in total. The molecule has 1 aliphatic rings. The molecular weight excluding hydrogens is 290 g/mol. The first kappa shape index (κ1) is 15.9. The maximum Gasteiger partial charge on any atom is 0.317 e. The lowest BCUT2D eigenvalue weighted by Crippen LogP contribution is -2.54. The van der Waals surface area contributed by atoms with E-state index in [4.69, 9.17) is 5.11 Å². The zero-order valence-corrected chi connectivity index (χ0v) is 13.4. The van der Waals surface area contributed by atoms with E-state index in [0.717, 1.165) is 22.7 Å². The van der Waals surface area contributed by atoms with E-state index in [9.17, 15) is 9.59 Å². The Bertz CT molecular complexity index is 538. The summed E-state index contributed by atoms with van der Waals surface area (Å²) in [7, 11) is 0. The molecule has 1 aromatic heterocycles. The van der Waals surface area contributed by atoms with E-state index < -0.39 is 5.97 Å². The van der Waals surface area contributed by atoms with Crippen LogP contribution in [-0.2, 0) is 4.79 Å². The van der Waals surface area contributed by atoms with Crippen LogP contribution in [-0.4, -0.2) is 52.0 Å². The molecule has 2 N–H and O–H groups in total. The van der Waals surface area contributed by atoms with Crippen molar-refractivity contribution in [3.8, 4) is 0 Å². The van der Waals surface area contributed by atoms with Crippen molar-refractivity contribution in [3.63, 3.8) is 0 Å². The summed E-state index contributed by atoms with van der Waals surface area (Å²) in [5.74, 6) is -0.931. The number of rotatable bonds is 6. The van der Waals surface area contributed by atoms with E-state index in [2.05, 4.69) is 10.3 Å². The molecule has 2 rings (SSSR count). The molecule has 0 aliphatic heterocycles. The van der Waals surface area contributed by atoms with Gasteiger partial charge < -0.3 is 10.4 Å². The molecule has 0 aromatic carbocycles. The molecular formula is C14H21N3O3S. The van der Waals surface area contributed by atoms with Gasteiger partial charge in [0.2, 0.25) is 0 Å². The minimum Gasteiger partial charge on any atom is -0.480 e. The average Bonchev–Trinajstić information content (AvgIpc) is 2.69. The van der Waals surface area contributed by atoms with Gasteiger partial charge in [-0.05, 0) is 33.2 Å². The third kappa shape index (κ3) is 3.79. The molecule has 7 heteroatoms. The Morgan fingerprint density at radius 2 is 2.10 bits per heavy atom. The van der Waals surface area contributed by atoms with Gasteiger partial charge in [-0.3, -0.25) is 14.5 Å². The highest BCUT2D eigenvalue weighted by Crippen LogP contribution is 2.26. The van der Waals surface area contributed by atoms with Crippen LogP contribution in [0.1, 0.15) is 40.1 Å². The Hall–Kier alpha value is -1.47. The fourth-order valence-corrected chi connectivity index (χ4v) is 3.49. The number of likely N-dealkylation sites (N-methyl/N-ethyl adjacent to an activating group) is 1. The predicted molar refractivity (Wildman–Crippen MR) is 80.7 cm³/mol. The smallest absolute Gasteiger partial charge is 0.317 e. The molecule has 0 saturated heterocycles. The first-order valence-corrected chi connectivity index (χ1v) is 7.93. The summed E-state index contributed by atoms with van der Waals surface area (Å²) < 4.78 is 0. The highest BCUT2D eigenvalue weighted by molar-refractivity contribution is 7.11. The molecule has 0 unspecified atom stereocenters. The molecule has 0 spiro atoms. The van der Waals surface area contributed by atoms with Crippen LogP contribution in [0.5, 0.6) is 0 Å². The molecule has 1 aliphatic carbocycles. The number of carbonyl (C=O) groups excluding carboxylic acids is 1. The second-order valence-corrected chi connectivity index (χ2v) is 6.80. The first-order valence-electron chi connectivity index (χ1n) is 7.11. The molecule has 0 radical (unpaired) electrons. The quantitative estimate of drug-likeness (QED) is 0.830. The van der Waals surface area contributed by atoms with E-state index in [1.807, 2.05) is 25.7 Å². The van der Waals surface area contributed by atoms with Crippen molar-refractivity contribution in [2.45, 2.75) is 45.7 Å². The van der Waals surface area contributed by atoms with Gasteiger partial charge >= 0.3 is 5.97 Å². The van der Waals surface area contributed by atoms with E-state index in [1.54, 1.807) is 0 Å². The maximum atomic E-state index is 12.1. The number of amides is 1. The number of aromatic nitrogens is 1. The monoisotopic (exact) mass is 311 g/mol. The summed E-state index contributed by atoms with van der Waals surface area (Å²) in [5.41, 5.74) is 0.513. The summed E-state index contributed by atoms with van der Waals surface area (Å²) in [6.07, 6.45) is 1.60. The number of nitrogens with zero attached hydrogens (tertiary/aromatic N) is 2. The fourth-order valence-electron chi connectivity index (χ4n) is 2.67. The van der Waals surface area contributed by atoms with Crippen LogP contribution in [0.15, 0.2) is 0 Å². The molecule has 1 fully saturated rings. The number of aliphatic carboxylic acids is 1. The van der Waals surface area contributed by atoms with Crippen LogP contribution >= 0.6 is 11.3 Å². The van der Waals surface area contributed by atoms with E-state index in [0.29, 0.717) is 12.2 Å². The number of carboxylic acid groups (broad SMARTS) is 1. The van der Waals surface area contributed by atoms with Crippen molar-refractivity contribution < 1.29 is 14.7 Å². The van der Waals surface area contributed by atoms with E-state index >= 15 is 0 Å². The number of hydrogen-bond acceptors (Lipinski definition) is 5. The topological polar surface area (TPSA) is 82.5 Å². The molecule has 116 valence electrons. The lowest BCUT2D eigenvalue weighted by Gasteiger charge is -2.42. The Morgan fingerprint density at radius 3 is 2.57 bits per heavy atom. The molecule has 1 aromatic rings. The Balaban J connectivity index is 1.83. The van der Waals surface area contributed by atoms with Crippen LogP contribution in [0.2, 0.25) is 0 Å². The van der Waals surface area contributed by atoms with E-state index in [-0.39, 0.29) is 24.5 Å². The Kier molecular flexibility index (Phi) is 4.95. The second-order valence-electron chi connectivity index (χ2n) is 5.39. The standard InChI is InChI=1S/C14H21N3O3S/c1-4-17(7-12(18)19)11-5-10(6-11)16-14(20)13-8(2)21-9(3)15-13/h10-11H,4-7H2,1-3H3,(H,16,20)(H,18,19). The summed E-state index contributed by atoms with van der Waals surface area (Å²) in [4.78, 5) is 30.0. The van der Waals surface area contributed by atoms with Crippen LogP contribution in [0.4, 0.5) is 0 Å². The van der Waals surface area contributed by atoms with E-state index in [1.165, 1.54) is 11.3 Å². The Labute approximate surface area is 128 Å². The normalized spacial score (nSPS) is 21.1. The second kappa shape index (κ2) is 6.53. The number of aryl methyl sites for hydroxylation is 2.